The van der Waals surface area contributed by atoms with Gasteiger partial charge in [-0.25, -0.2) is 4.79 Å². The van der Waals surface area contributed by atoms with Crippen molar-refractivity contribution in [2.24, 2.45) is 0 Å². The normalized spacial score (nSPS) is 10.5. The Hall–Kier alpha value is -2.86. The van der Waals surface area contributed by atoms with E-state index in [1.54, 1.807) is 30.3 Å². The number of anilines is 1. The Kier molecular flexibility index (Phi) is 6.33. The van der Waals surface area contributed by atoms with Gasteiger partial charge in [-0.15, -0.1) is 11.8 Å². The minimum atomic E-state index is -1.19. The van der Waals surface area contributed by atoms with Gasteiger partial charge in [0.05, 0.1) is 5.75 Å². The minimum Gasteiger partial charge on any atom is -0.478 e. The molecule has 0 aliphatic rings. The van der Waals surface area contributed by atoms with E-state index in [1.165, 1.54) is 11.8 Å². The summed E-state index contributed by atoms with van der Waals surface area (Å²) in [5, 5.41) is 11.1. The van der Waals surface area contributed by atoms with E-state index in [2.05, 4.69) is 5.32 Å². The van der Waals surface area contributed by atoms with Crippen LogP contribution in [0.3, 0.4) is 0 Å². The van der Waals surface area contributed by atoms with E-state index in [4.69, 9.17) is 5.11 Å². The fourth-order valence-electron chi connectivity index (χ4n) is 1.85. The number of thioether (sulfide) groups is 1. The van der Waals surface area contributed by atoms with E-state index in [1.807, 2.05) is 24.3 Å². The van der Waals surface area contributed by atoms with Crippen molar-refractivity contribution < 1.29 is 19.5 Å². The number of carbonyl (C=O) groups excluding carboxylic acids is 2. The molecule has 0 saturated carbocycles. The van der Waals surface area contributed by atoms with Crippen LogP contribution in [0, 0.1) is 0 Å². The summed E-state index contributed by atoms with van der Waals surface area (Å²) < 4.78 is 0. The van der Waals surface area contributed by atoms with Gasteiger partial charge in [-0.2, -0.15) is 0 Å². The highest BCUT2D eigenvalue weighted by molar-refractivity contribution is 8.00. The van der Waals surface area contributed by atoms with Gasteiger partial charge in [-0.1, -0.05) is 36.4 Å². The predicted molar refractivity (Wildman–Crippen MR) is 93.3 cm³/mol. The maximum absolute atomic E-state index is 12.1. The van der Waals surface area contributed by atoms with E-state index in [0.29, 0.717) is 17.0 Å². The van der Waals surface area contributed by atoms with Crippen LogP contribution in [0.5, 0.6) is 0 Å². The number of rotatable bonds is 7. The number of carboxylic acid groups (broad SMARTS) is 1. The second-order valence-corrected chi connectivity index (χ2v) is 5.82. The number of nitrogens with one attached hydrogen (secondary N) is 1. The van der Waals surface area contributed by atoms with E-state index in [9.17, 15) is 14.4 Å². The van der Waals surface area contributed by atoms with Crippen molar-refractivity contribution in [2.75, 3.05) is 11.1 Å². The molecule has 24 heavy (non-hydrogen) atoms. The number of benzene rings is 2. The van der Waals surface area contributed by atoms with Crippen LogP contribution in [0.4, 0.5) is 5.69 Å². The van der Waals surface area contributed by atoms with Crippen LogP contribution in [0.2, 0.25) is 0 Å². The minimum absolute atomic E-state index is 0.0273. The second-order valence-electron chi connectivity index (χ2n) is 4.77. The number of hydrogen-bond acceptors (Lipinski definition) is 4. The van der Waals surface area contributed by atoms with Crippen molar-refractivity contribution in [3.8, 4) is 0 Å². The summed E-state index contributed by atoms with van der Waals surface area (Å²) in [5.74, 6) is -1.39. The van der Waals surface area contributed by atoms with E-state index in [0.717, 1.165) is 17.0 Å². The highest BCUT2D eigenvalue weighted by Gasteiger charge is 2.07. The Balaban J connectivity index is 1.94. The highest BCUT2D eigenvalue weighted by Crippen LogP contribution is 2.22. The average molecular weight is 341 g/mol. The van der Waals surface area contributed by atoms with Crippen LogP contribution in [-0.4, -0.2) is 28.5 Å². The quantitative estimate of drug-likeness (QED) is 0.459. The molecule has 2 N–H and O–H groups in total. The number of Topliss-reactive ketones (excluding diaryl/α,β-unsaturated/α-hetero) is 1. The van der Waals surface area contributed by atoms with Crippen molar-refractivity contribution in [1.82, 2.24) is 0 Å². The Bertz CT molecular complexity index is 772. The topological polar surface area (TPSA) is 83.5 Å². The fraction of sp³-hybridized carbons (Fsp3) is 0.0556. The van der Waals surface area contributed by atoms with Crippen molar-refractivity contribution in [3.63, 3.8) is 0 Å². The Morgan fingerprint density at radius 3 is 2.46 bits per heavy atom. The van der Waals surface area contributed by atoms with Gasteiger partial charge in [-0.05, 0) is 18.2 Å². The number of carbonyl (C=O) groups is 3. The molecule has 0 radical (unpaired) electrons. The average Bonchev–Trinajstić information content (AvgIpc) is 2.59. The summed E-state index contributed by atoms with van der Waals surface area (Å²) >= 11 is 1.37. The summed E-state index contributed by atoms with van der Waals surface area (Å²) in [6, 6.07) is 16.1. The molecule has 2 aromatic rings. The summed E-state index contributed by atoms with van der Waals surface area (Å²) in [5.41, 5.74) is 1.19. The lowest BCUT2D eigenvalue weighted by molar-refractivity contribution is -0.131. The lowest BCUT2D eigenvalue weighted by atomic mass is 10.2. The molecule has 1 amide bonds. The molecular formula is C18H15NO4S. The molecule has 0 atom stereocenters. The Morgan fingerprint density at radius 2 is 1.75 bits per heavy atom. The van der Waals surface area contributed by atoms with Crippen molar-refractivity contribution in [2.45, 2.75) is 4.90 Å². The van der Waals surface area contributed by atoms with Crippen LogP contribution in [0.1, 0.15) is 10.4 Å². The van der Waals surface area contributed by atoms with Crippen molar-refractivity contribution >= 4 is 35.1 Å². The molecule has 0 aliphatic heterocycles. The molecule has 0 fully saturated rings. The van der Waals surface area contributed by atoms with E-state index < -0.39 is 11.9 Å². The summed E-state index contributed by atoms with van der Waals surface area (Å²) in [4.78, 5) is 34.8. The molecule has 2 aromatic carbocycles. The van der Waals surface area contributed by atoms with Gasteiger partial charge in [-0.3, -0.25) is 9.59 Å². The standard InChI is InChI=1S/C18H15NO4S/c20-16(13-5-2-1-3-6-13)12-24-15-8-4-7-14(11-15)19-17(21)9-10-18(22)23/h1-11H,12H2,(H,19,21)(H,22,23)/b10-9+. The smallest absolute Gasteiger partial charge is 0.328 e. The van der Waals surface area contributed by atoms with Gasteiger partial charge in [0.1, 0.15) is 0 Å². The molecule has 0 saturated heterocycles. The Labute approximate surface area is 143 Å². The molecule has 0 spiro atoms. The van der Waals surface area contributed by atoms with Gasteiger partial charge in [0, 0.05) is 28.3 Å². The van der Waals surface area contributed by atoms with Crippen LogP contribution in [-0.2, 0) is 9.59 Å². The molecule has 0 aromatic heterocycles. The molecule has 122 valence electrons. The zero-order chi connectivity index (χ0) is 17.4. The van der Waals surface area contributed by atoms with Crippen molar-refractivity contribution in [3.05, 3.63) is 72.3 Å². The first-order valence-electron chi connectivity index (χ1n) is 7.08. The van der Waals surface area contributed by atoms with E-state index >= 15 is 0 Å². The maximum atomic E-state index is 12.1. The lowest BCUT2D eigenvalue weighted by Gasteiger charge is -2.06. The third kappa shape index (κ3) is 5.73. The fourth-order valence-corrected chi connectivity index (χ4v) is 2.70. The first kappa shape index (κ1) is 17.5. The number of aliphatic carboxylic acids is 1. The summed E-state index contributed by atoms with van der Waals surface area (Å²) in [6.45, 7) is 0. The molecule has 5 nitrogen and oxygen atoms in total. The van der Waals surface area contributed by atoms with Crippen LogP contribution in [0.15, 0.2) is 71.6 Å². The molecule has 0 aliphatic carbocycles. The SMILES string of the molecule is O=C(O)/C=C/C(=O)Nc1cccc(SCC(=O)c2ccccc2)c1. The van der Waals surface area contributed by atoms with Gasteiger partial charge in [0.15, 0.2) is 5.78 Å². The van der Waals surface area contributed by atoms with Gasteiger partial charge < -0.3 is 10.4 Å². The molecule has 6 heteroatoms. The van der Waals surface area contributed by atoms with Crippen LogP contribution in [0.25, 0.3) is 0 Å². The molecule has 2 rings (SSSR count). The maximum Gasteiger partial charge on any atom is 0.328 e. The largest absolute Gasteiger partial charge is 0.478 e. The zero-order valence-electron chi connectivity index (χ0n) is 12.6. The first-order valence-corrected chi connectivity index (χ1v) is 8.06. The molecular weight excluding hydrogens is 326 g/mol. The van der Waals surface area contributed by atoms with Gasteiger partial charge in [0.25, 0.3) is 0 Å². The first-order chi connectivity index (χ1) is 11.5. The van der Waals surface area contributed by atoms with Crippen molar-refractivity contribution in [1.29, 1.82) is 0 Å². The Morgan fingerprint density at radius 1 is 1.00 bits per heavy atom. The number of ketones is 1. The molecule has 0 unspecified atom stereocenters. The van der Waals surface area contributed by atoms with E-state index in [-0.39, 0.29) is 5.78 Å². The third-order valence-electron chi connectivity index (χ3n) is 2.94. The number of carboxylic acids is 1. The number of hydrogen-bond donors (Lipinski definition) is 2. The summed E-state index contributed by atoms with van der Waals surface area (Å²) in [6.07, 6.45) is 1.72. The van der Waals surface area contributed by atoms with Gasteiger partial charge >= 0.3 is 5.97 Å². The highest BCUT2D eigenvalue weighted by atomic mass is 32.2. The third-order valence-corrected chi connectivity index (χ3v) is 3.94. The van der Waals surface area contributed by atoms with Crippen LogP contribution < -0.4 is 5.32 Å². The second kappa shape index (κ2) is 8.69. The molecule has 0 bridgehead atoms. The number of amides is 1. The predicted octanol–water partition coefficient (Wildman–Crippen LogP) is 3.24. The monoisotopic (exact) mass is 341 g/mol. The molecule has 0 heterocycles. The van der Waals surface area contributed by atoms with Crippen LogP contribution >= 0.6 is 11.8 Å². The zero-order valence-corrected chi connectivity index (χ0v) is 13.5. The van der Waals surface area contributed by atoms with Gasteiger partial charge in [0.2, 0.25) is 5.91 Å². The lowest BCUT2D eigenvalue weighted by Crippen LogP contribution is -2.08. The summed E-state index contributed by atoms with van der Waals surface area (Å²) in [7, 11) is 0.